The molecule has 0 aliphatic rings. The van der Waals surface area contributed by atoms with E-state index in [2.05, 4.69) is 0 Å². The first-order chi connectivity index (χ1) is 17.6. The maximum Gasteiger partial charge on any atom is 0.508 e. The van der Waals surface area contributed by atoms with E-state index < -0.39 is 29.6 Å². The highest BCUT2D eigenvalue weighted by molar-refractivity contribution is 5.81. The first-order valence-corrected chi connectivity index (χ1v) is 12.8. The normalized spacial score (nSPS) is 13.1. The van der Waals surface area contributed by atoms with E-state index in [1.807, 2.05) is 20.8 Å². The number of hydrogen-bond donors (Lipinski definition) is 1. The van der Waals surface area contributed by atoms with E-state index in [9.17, 15) is 19.2 Å². The Morgan fingerprint density at radius 3 is 2.08 bits per heavy atom. The number of carbonyl (C=O) groups is 4. The molecule has 208 valence electrons. The van der Waals surface area contributed by atoms with Gasteiger partial charge in [-0.05, 0) is 43.9 Å². The van der Waals surface area contributed by atoms with Crippen molar-refractivity contribution in [3.63, 3.8) is 0 Å². The molecular formula is C27H41NO9. The highest BCUT2D eigenvalue weighted by Gasteiger charge is 2.36. The second-order valence-corrected chi connectivity index (χ2v) is 8.95. The quantitative estimate of drug-likeness (QED) is 0.241. The average molecular weight is 524 g/mol. The Morgan fingerprint density at radius 2 is 1.54 bits per heavy atom. The minimum absolute atomic E-state index is 0.0208. The third-order valence-corrected chi connectivity index (χ3v) is 5.68. The van der Waals surface area contributed by atoms with Gasteiger partial charge in [0.15, 0.2) is 11.5 Å². The zero-order valence-electron chi connectivity index (χ0n) is 22.6. The van der Waals surface area contributed by atoms with Crippen molar-refractivity contribution in [3.8, 4) is 11.5 Å². The fourth-order valence-corrected chi connectivity index (χ4v) is 3.24. The molecule has 0 heterocycles. The van der Waals surface area contributed by atoms with Gasteiger partial charge in [-0.25, -0.2) is 4.79 Å². The van der Waals surface area contributed by atoms with Gasteiger partial charge in [0.2, 0.25) is 0 Å². The van der Waals surface area contributed by atoms with Crippen molar-refractivity contribution >= 4 is 24.1 Å². The molecule has 2 N–H and O–H groups in total. The number of rotatable bonds is 16. The van der Waals surface area contributed by atoms with Crippen molar-refractivity contribution in [2.75, 3.05) is 13.7 Å². The molecule has 0 radical (unpaired) electrons. The van der Waals surface area contributed by atoms with Crippen LogP contribution in [0.2, 0.25) is 0 Å². The number of ether oxygens (including phenoxy) is 5. The highest BCUT2D eigenvalue weighted by atomic mass is 16.7. The maximum atomic E-state index is 12.6. The van der Waals surface area contributed by atoms with Gasteiger partial charge in [-0.1, -0.05) is 39.7 Å². The molecule has 0 unspecified atom stereocenters. The number of hydrogen-bond acceptors (Lipinski definition) is 10. The summed E-state index contributed by atoms with van der Waals surface area (Å²) in [5.74, 6) is -1.45. The highest BCUT2D eigenvalue weighted by Crippen LogP contribution is 2.31. The van der Waals surface area contributed by atoms with Gasteiger partial charge < -0.3 is 29.4 Å². The summed E-state index contributed by atoms with van der Waals surface area (Å²) in [6.45, 7) is 7.35. The molecule has 0 saturated heterocycles. The zero-order chi connectivity index (χ0) is 27.8. The smallest absolute Gasteiger partial charge is 0.468 e. The topological polar surface area (TPSA) is 140 Å². The number of unbranched alkanes of at least 4 members (excludes halogenated alkanes) is 2. The minimum Gasteiger partial charge on any atom is -0.468 e. The fraction of sp³-hybridized carbons (Fsp3) is 0.630. The fourth-order valence-electron chi connectivity index (χ4n) is 3.24. The predicted molar refractivity (Wildman–Crippen MR) is 136 cm³/mol. The molecule has 37 heavy (non-hydrogen) atoms. The van der Waals surface area contributed by atoms with E-state index in [0.29, 0.717) is 24.8 Å². The van der Waals surface area contributed by atoms with E-state index in [0.717, 1.165) is 12.8 Å². The Labute approximate surface area is 219 Å². The van der Waals surface area contributed by atoms with Crippen molar-refractivity contribution < 1.29 is 42.9 Å². The molecule has 1 rings (SSSR count). The first kappa shape index (κ1) is 31.9. The van der Waals surface area contributed by atoms with Gasteiger partial charge in [0, 0.05) is 25.7 Å². The van der Waals surface area contributed by atoms with Crippen LogP contribution in [0.15, 0.2) is 18.2 Å². The molecule has 0 aliphatic carbocycles. The number of esters is 3. The van der Waals surface area contributed by atoms with Crippen LogP contribution >= 0.6 is 0 Å². The van der Waals surface area contributed by atoms with Crippen molar-refractivity contribution in [3.05, 3.63) is 23.8 Å². The Balaban J connectivity index is 3.09. The summed E-state index contributed by atoms with van der Waals surface area (Å²) in [6, 6.07) is 4.63. The third-order valence-electron chi connectivity index (χ3n) is 5.68. The lowest BCUT2D eigenvalue weighted by atomic mass is 9.88. The Bertz CT molecular complexity index is 902. The van der Waals surface area contributed by atoms with Gasteiger partial charge in [-0.3, -0.25) is 14.4 Å². The summed E-state index contributed by atoms with van der Waals surface area (Å²) in [5, 5.41) is 0. The van der Waals surface area contributed by atoms with Crippen LogP contribution in [0.5, 0.6) is 11.5 Å². The molecule has 1 aromatic carbocycles. The monoisotopic (exact) mass is 523 g/mol. The molecule has 10 heteroatoms. The summed E-state index contributed by atoms with van der Waals surface area (Å²) in [6.07, 6.45) is 2.82. The van der Waals surface area contributed by atoms with Crippen molar-refractivity contribution in [1.29, 1.82) is 0 Å². The molecule has 0 aliphatic heterocycles. The summed E-state index contributed by atoms with van der Waals surface area (Å²) < 4.78 is 26.0. The van der Waals surface area contributed by atoms with Crippen molar-refractivity contribution in [2.24, 2.45) is 5.73 Å². The Kier molecular flexibility index (Phi) is 14.3. The number of carbonyl (C=O) groups excluding carboxylic acids is 4. The van der Waals surface area contributed by atoms with Crippen LogP contribution in [0, 0.1) is 0 Å². The molecule has 0 amide bonds. The average Bonchev–Trinajstić information content (AvgIpc) is 2.86. The molecular weight excluding hydrogens is 482 g/mol. The van der Waals surface area contributed by atoms with Gasteiger partial charge in [-0.2, -0.15) is 0 Å². The maximum absolute atomic E-state index is 12.6. The summed E-state index contributed by atoms with van der Waals surface area (Å²) in [7, 11) is 1.21. The minimum atomic E-state index is -1.55. The summed E-state index contributed by atoms with van der Waals surface area (Å²) in [5.41, 5.74) is 5.37. The van der Waals surface area contributed by atoms with E-state index in [1.54, 1.807) is 13.0 Å². The summed E-state index contributed by atoms with van der Waals surface area (Å²) >= 11 is 0. The molecule has 0 bridgehead atoms. The second-order valence-electron chi connectivity index (χ2n) is 8.95. The largest absolute Gasteiger partial charge is 0.508 e. The van der Waals surface area contributed by atoms with Gasteiger partial charge >= 0.3 is 24.1 Å². The van der Waals surface area contributed by atoms with Crippen LogP contribution in [-0.4, -0.2) is 49.4 Å². The summed E-state index contributed by atoms with van der Waals surface area (Å²) in [4.78, 5) is 48.9. The number of nitrogens with two attached hydrogens (primary N) is 1. The van der Waals surface area contributed by atoms with Crippen molar-refractivity contribution in [1.82, 2.24) is 0 Å². The van der Waals surface area contributed by atoms with Crippen LogP contribution in [0.4, 0.5) is 4.79 Å². The first-order valence-electron chi connectivity index (χ1n) is 12.8. The Hall–Kier alpha value is -3.14. The second kappa shape index (κ2) is 16.6. The molecule has 10 nitrogen and oxygen atoms in total. The van der Waals surface area contributed by atoms with Gasteiger partial charge in [0.1, 0.15) is 11.6 Å². The van der Waals surface area contributed by atoms with E-state index in [-0.39, 0.29) is 49.9 Å². The molecule has 0 aromatic heterocycles. The molecule has 0 saturated carbocycles. The molecule has 1 aromatic rings. The molecule has 0 spiro atoms. The SMILES string of the molecule is CCCCC(=O)Oc1ccc(C[C@](N)(CCOC(=O)O[C@@H](C)CC)C(=O)OC)cc1OC(=O)CCCC. The van der Waals surface area contributed by atoms with Gasteiger partial charge in [0.25, 0.3) is 0 Å². The lowest BCUT2D eigenvalue weighted by Gasteiger charge is -2.27. The predicted octanol–water partition coefficient (Wildman–Crippen LogP) is 4.63. The van der Waals surface area contributed by atoms with Gasteiger partial charge in [0.05, 0.1) is 13.7 Å². The number of methoxy groups -OCH3 is 1. The number of benzene rings is 1. The molecule has 2 atom stereocenters. The van der Waals surface area contributed by atoms with Crippen LogP contribution in [0.1, 0.15) is 84.6 Å². The van der Waals surface area contributed by atoms with Crippen molar-refractivity contribution in [2.45, 2.75) is 97.1 Å². The lowest BCUT2D eigenvalue weighted by molar-refractivity contribution is -0.148. The Morgan fingerprint density at radius 1 is 0.946 bits per heavy atom. The molecule has 0 fully saturated rings. The standard InChI is InChI=1S/C27H41NO9/c1-6-9-11-23(29)36-21-14-13-20(17-22(21)37-24(30)12-10-7-2)18-27(28,25(31)33-5)15-16-34-26(32)35-19(4)8-3/h13-14,17,19H,6-12,15-16,18,28H2,1-5H3/t19-,27+/m0/s1. The van der Waals surface area contributed by atoms with E-state index in [1.165, 1.54) is 19.2 Å². The van der Waals surface area contributed by atoms with E-state index in [4.69, 9.17) is 29.4 Å². The van der Waals surface area contributed by atoms with Gasteiger partial charge in [-0.15, -0.1) is 0 Å². The zero-order valence-corrected chi connectivity index (χ0v) is 22.6. The van der Waals surface area contributed by atoms with Crippen LogP contribution in [0.3, 0.4) is 0 Å². The lowest BCUT2D eigenvalue weighted by Crippen LogP contribution is -2.51. The van der Waals surface area contributed by atoms with Crippen LogP contribution in [0.25, 0.3) is 0 Å². The van der Waals surface area contributed by atoms with E-state index >= 15 is 0 Å². The third kappa shape index (κ3) is 11.6. The van der Waals surface area contributed by atoms with Crippen LogP contribution < -0.4 is 15.2 Å². The van der Waals surface area contributed by atoms with Crippen LogP contribution in [-0.2, 0) is 35.0 Å².